The van der Waals surface area contributed by atoms with Gasteiger partial charge in [-0.1, -0.05) is 19.3 Å². The van der Waals surface area contributed by atoms with E-state index in [1.807, 2.05) is 0 Å². The predicted octanol–water partition coefficient (Wildman–Crippen LogP) is 2.46. The summed E-state index contributed by atoms with van der Waals surface area (Å²) in [7, 11) is 0. The summed E-state index contributed by atoms with van der Waals surface area (Å²) in [5.41, 5.74) is 0. The normalized spacial score (nSPS) is 29.0. The second kappa shape index (κ2) is 7.72. The second-order valence-electron chi connectivity index (χ2n) is 4.58. The van der Waals surface area contributed by atoms with Crippen LogP contribution in [-0.2, 0) is 0 Å². The van der Waals surface area contributed by atoms with Crippen molar-refractivity contribution in [1.82, 2.24) is 10.2 Å². The molecule has 1 saturated carbocycles. The van der Waals surface area contributed by atoms with E-state index in [9.17, 15) is 0 Å². The summed E-state index contributed by atoms with van der Waals surface area (Å²) >= 11 is 0. The number of hydrogen-bond acceptors (Lipinski definition) is 2. The van der Waals surface area contributed by atoms with Gasteiger partial charge < -0.3 is 5.32 Å². The average molecular weight is 255 g/mol. The van der Waals surface area contributed by atoms with E-state index in [-0.39, 0.29) is 24.8 Å². The van der Waals surface area contributed by atoms with Crippen LogP contribution in [0.25, 0.3) is 0 Å². The van der Waals surface area contributed by atoms with E-state index in [1.54, 1.807) is 0 Å². The molecule has 15 heavy (non-hydrogen) atoms. The first kappa shape index (κ1) is 15.5. The van der Waals surface area contributed by atoms with Crippen LogP contribution in [0.2, 0.25) is 0 Å². The summed E-state index contributed by atoms with van der Waals surface area (Å²) in [6.07, 6.45) is 7.29. The minimum Gasteiger partial charge on any atom is -0.314 e. The Morgan fingerprint density at radius 1 is 1.07 bits per heavy atom. The number of halogens is 2. The number of hydrogen-bond donors (Lipinski definition) is 1. The lowest BCUT2D eigenvalue weighted by molar-refractivity contribution is 0.0914. The molecule has 0 bridgehead atoms. The summed E-state index contributed by atoms with van der Waals surface area (Å²) in [4.78, 5) is 2.73. The molecule has 2 nitrogen and oxygen atoms in total. The van der Waals surface area contributed by atoms with Gasteiger partial charge in [0.15, 0.2) is 0 Å². The molecular weight excluding hydrogens is 231 g/mol. The fraction of sp³-hybridized carbons (Fsp3) is 1.00. The van der Waals surface area contributed by atoms with Crippen LogP contribution in [-0.4, -0.2) is 36.6 Å². The molecule has 92 valence electrons. The summed E-state index contributed by atoms with van der Waals surface area (Å²) in [5, 5.41) is 3.46. The highest BCUT2D eigenvalue weighted by molar-refractivity contribution is 5.85. The molecule has 2 fully saturated rings. The van der Waals surface area contributed by atoms with Gasteiger partial charge in [-0.3, -0.25) is 4.90 Å². The van der Waals surface area contributed by atoms with Crippen LogP contribution >= 0.6 is 24.8 Å². The van der Waals surface area contributed by atoms with E-state index in [4.69, 9.17) is 0 Å². The lowest BCUT2D eigenvalue weighted by Gasteiger charge is -2.41. The Balaban J connectivity index is 0.000000980. The highest BCUT2D eigenvalue weighted by atomic mass is 35.5. The van der Waals surface area contributed by atoms with Crippen LogP contribution < -0.4 is 5.32 Å². The maximum absolute atomic E-state index is 3.46. The van der Waals surface area contributed by atoms with Gasteiger partial charge >= 0.3 is 0 Å². The van der Waals surface area contributed by atoms with Crippen LogP contribution in [0.3, 0.4) is 0 Å². The van der Waals surface area contributed by atoms with Crippen molar-refractivity contribution in [2.75, 3.05) is 19.6 Å². The van der Waals surface area contributed by atoms with Crippen LogP contribution in [0.4, 0.5) is 0 Å². The van der Waals surface area contributed by atoms with Crippen molar-refractivity contribution >= 4 is 24.8 Å². The molecule has 0 aromatic carbocycles. The van der Waals surface area contributed by atoms with Crippen molar-refractivity contribution in [1.29, 1.82) is 0 Å². The van der Waals surface area contributed by atoms with Gasteiger partial charge in [0.05, 0.1) is 0 Å². The number of rotatable bonds is 1. The first-order valence-corrected chi connectivity index (χ1v) is 5.84. The third-order valence-electron chi connectivity index (χ3n) is 3.60. The van der Waals surface area contributed by atoms with Crippen molar-refractivity contribution < 1.29 is 0 Å². The van der Waals surface area contributed by atoms with Crippen molar-refractivity contribution in [3.63, 3.8) is 0 Å². The van der Waals surface area contributed by atoms with Crippen LogP contribution in [0, 0.1) is 0 Å². The van der Waals surface area contributed by atoms with Gasteiger partial charge in [-0.15, -0.1) is 24.8 Å². The standard InChI is InChI=1S/C11H22N2.2ClH/c1-10-9-12-7-8-13(10)11-5-3-2-4-6-11;;/h10-12H,2-9H2,1H3;2*1H. The van der Waals surface area contributed by atoms with Crippen LogP contribution in [0.15, 0.2) is 0 Å². The molecular formula is C11H24Cl2N2. The molecule has 1 heterocycles. The van der Waals surface area contributed by atoms with Crippen molar-refractivity contribution in [3.8, 4) is 0 Å². The Bertz CT molecular complexity index is 161. The molecule has 2 rings (SSSR count). The summed E-state index contributed by atoms with van der Waals surface area (Å²) in [6.45, 7) is 6.02. The molecule has 1 aliphatic carbocycles. The van der Waals surface area contributed by atoms with Crippen molar-refractivity contribution in [2.45, 2.75) is 51.1 Å². The fourth-order valence-corrected chi connectivity index (χ4v) is 2.81. The van der Waals surface area contributed by atoms with Crippen molar-refractivity contribution in [3.05, 3.63) is 0 Å². The topological polar surface area (TPSA) is 15.3 Å². The molecule has 0 aromatic heterocycles. The van der Waals surface area contributed by atoms with E-state index in [1.165, 1.54) is 51.7 Å². The second-order valence-corrected chi connectivity index (χ2v) is 4.58. The molecule has 0 spiro atoms. The third kappa shape index (κ3) is 4.10. The third-order valence-corrected chi connectivity index (χ3v) is 3.60. The smallest absolute Gasteiger partial charge is 0.0195 e. The molecule has 1 aliphatic heterocycles. The van der Waals surface area contributed by atoms with E-state index in [0.29, 0.717) is 0 Å². The fourth-order valence-electron chi connectivity index (χ4n) is 2.81. The summed E-state index contributed by atoms with van der Waals surface area (Å²) in [5.74, 6) is 0. The van der Waals surface area contributed by atoms with E-state index < -0.39 is 0 Å². The lowest BCUT2D eigenvalue weighted by atomic mass is 9.93. The number of nitrogens with zero attached hydrogens (tertiary/aromatic N) is 1. The minimum absolute atomic E-state index is 0. The lowest BCUT2D eigenvalue weighted by Crippen LogP contribution is -2.54. The zero-order valence-electron chi connectivity index (χ0n) is 9.58. The molecule has 1 unspecified atom stereocenters. The van der Waals surface area contributed by atoms with E-state index >= 15 is 0 Å². The average Bonchev–Trinajstić information content (AvgIpc) is 2.20. The van der Waals surface area contributed by atoms with E-state index in [0.717, 1.165) is 12.1 Å². The van der Waals surface area contributed by atoms with Gasteiger partial charge in [0.25, 0.3) is 0 Å². The Kier molecular flexibility index (Phi) is 7.98. The van der Waals surface area contributed by atoms with Gasteiger partial charge in [-0.25, -0.2) is 0 Å². The first-order valence-electron chi connectivity index (χ1n) is 5.84. The van der Waals surface area contributed by atoms with Gasteiger partial charge in [0.2, 0.25) is 0 Å². The highest BCUT2D eigenvalue weighted by Crippen LogP contribution is 2.24. The van der Waals surface area contributed by atoms with Gasteiger partial charge in [-0.2, -0.15) is 0 Å². The van der Waals surface area contributed by atoms with E-state index in [2.05, 4.69) is 17.1 Å². The van der Waals surface area contributed by atoms with Gasteiger partial charge in [-0.05, 0) is 19.8 Å². The molecule has 0 aromatic rings. The summed E-state index contributed by atoms with van der Waals surface area (Å²) in [6, 6.07) is 1.67. The Labute approximate surface area is 106 Å². The zero-order chi connectivity index (χ0) is 9.10. The molecule has 1 atom stereocenters. The zero-order valence-corrected chi connectivity index (χ0v) is 11.2. The van der Waals surface area contributed by atoms with Gasteiger partial charge in [0.1, 0.15) is 0 Å². The minimum atomic E-state index is 0. The maximum atomic E-state index is 3.46. The SMILES string of the molecule is CC1CNCCN1C1CCCCC1.Cl.Cl. The Morgan fingerprint density at radius 2 is 1.73 bits per heavy atom. The molecule has 0 radical (unpaired) electrons. The largest absolute Gasteiger partial charge is 0.314 e. The predicted molar refractivity (Wildman–Crippen MR) is 70.4 cm³/mol. The van der Waals surface area contributed by atoms with Gasteiger partial charge in [0, 0.05) is 31.7 Å². The summed E-state index contributed by atoms with van der Waals surface area (Å²) < 4.78 is 0. The van der Waals surface area contributed by atoms with Crippen molar-refractivity contribution in [2.24, 2.45) is 0 Å². The Morgan fingerprint density at radius 3 is 2.33 bits per heavy atom. The van der Waals surface area contributed by atoms with Crippen LogP contribution in [0.5, 0.6) is 0 Å². The maximum Gasteiger partial charge on any atom is 0.0195 e. The molecule has 0 amide bonds. The quantitative estimate of drug-likeness (QED) is 0.774. The molecule has 2 aliphatic rings. The molecule has 1 saturated heterocycles. The first-order chi connectivity index (χ1) is 6.38. The monoisotopic (exact) mass is 254 g/mol. The molecule has 1 N–H and O–H groups in total. The molecule has 4 heteroatoms. The number of nitrogens with one attached hydrogen (secondary N) is 1. The highest BCUT2D eigenvalue weighted by Gasteiger charge is 2.26. The number of piperazine rings is 1. The van der Waals surface area contributed by atoms with Crippen LogP contribution in [0.1, 0.15) is 39.0 Å². The Hall–Kier alpha value is 0.500.